The zero-order valence-electron chi connectivity index (χ0n) is 17.4. The largest absolute Gasteiger partial charge is 0.462 e. The number of carbonyl (C=O) groups is 1. The molecular formula is C21H40O6. The van der Waals surface area contributed by atoms with Crippen LogP contribution in [0, 0.1) is 5.92 Å². The molecule has 0 heterocycles. The van der Waals surface area contributed by atoms with E-state index in [0.29, 0.717) is 65.0 Å². The molecule has 6 nitrogen and oxygen atoms in total. The smallest absolute Gasteiger partial charge is 0.306 e. The number of ether oxygens (including phenoxy) is 5. The van der Waals surface area contributed by atoms with Gasteiger partial charge >= 0.3 is 5.97 Å². The molecule has 1 aliphatic rings. The maximum absolute atomic E-state index is 11.7. The van der Waals surface area contributed by atoms with Gasteiger partial charge in [-0.2, -0.15) is 0 Å². The number of hydrogen-bond acceptors (Lipinski definition) is 6. The first-order valence-electron chi connectivity index (χ1n) is 10.7. The minimum absolute atomic E-state index is 0.0907. The first-order valence-corrected chi connectivity index (χ1v) is 10.7. The lowest BCUT2D eigenvalue weighted by molar-refractivity contribution is -0.150. The highest BCUT2D eigenvalue weighted by Gasteiger charge is 2.17. The Morgan fingerprint density at radius 3 is 1.85 bits per heavy atom. The fraction of sp³-hybridized carbons (Fsp3) is 0.952. The second-order valence-corrected chi connectivity index (χ2v) is 7.49. The number of carbonyl (C=O) groups excluding carboxylic acids is 1. The predicted octanol–water partition coefficient (Wildman–Crippen LogP) is 3.76. The summed E-state index contributed by atoms with van der Waals surface area (Å²) in [6, 6.07) is 0. The van der Waals surface area contributed by atoms with E-state index < -0.39 is 0 Å². The van der Waals surface area contributed by atoms with Crippen LogP contribution in [-0.2, 0) is 28.5 Å². The van der Waals surface area contributed by atoms with E-state index in [1.807, 2.05) is 0 Å². The fourth-order valence-corrected chi connectivity index (χ4v) is 2.83. The van der Waals surface area contributed by atoms with Gasteiger partial charge in [-0.05, 0) is 44.4 Å². The molecule has 0 amide bonds. The molecule has 0 unspecified atom stereocenters. The Morgan fingerprint density at radius 1 is 0.778 bits per heavy atom. The molecule has 0 aromatic rings. The van der Waals surface area contributed by atoms with Crippen LogP contribution >= 0.6 is 0 Å². The van der Waals surface area contributed by atoms with E-state index in [2.05, 4.69) is 13.8 Å². The van der Waals surface area contributed by atoms with Gasteiger partial charge in [0, 0.05) is 19.6 Å². The molecule has 27 heavy (non-hydrogen) atoms. The molecule has 160 valence electrons. The van der Waals surface area contributed by atoms with Crippen LogP contribution in [0.15, 0.2) is 0 Å². The van der Waals surface area contributed by atoms with Gasteiger partial charge in [-0.1, -0.05) is 20.3 Å². The van der Waals surface area contributed by atoms with Gasteiger partial charge in [-0.25, -0.2) is 0 Å². The van der Waals surface area contributed by atoms with Crippen molar-refractivity contribution in [1.29, 1.82) is 0 Å². The van der Waals surface area contributed by atoms with E-state index in [4.69, 9.17) is 23.7 Å². The summed E-state index contributed by atoms with van der Waals surface area (Å²) in [4.78, 5) is 11.7. The summed E-state index contributed by atoms with van der Waals surface area (Å²) >= 11 is 0. The molecule has 1 fully saturated rings. The second-order valence-electron chi connectivity index (χ2n) is 7.49. The zero-order valence-corrected chi connectivity index (χ0v) is 17.4. The number of rotatable bonds is 17. The molecule has 0 N–H and O–H groups in total. The van der Waals surface area contributed by atoms with Crippen molar-refractivity contribution >= 4 is 5.97 Å². The Morgan fingerprint density at radius 2 is 1.30 bits per heavy atom. The predicted molar refractivity (Wildman–Crippen MR) is 105 cm³/mol. The van der Waals surface area contributed by atoms with Crippen LogP contribution in [0.25, 0.3) is 0 Å². The van der Waals surface area contributed by atoms with Crippen molar-refractivity contribution in [3.63, 3.8) is 0 Å². The molecule has 0 aromatic heterocycles. The quantitative estimate of drug-likeness (QED) is 0.279. The van der Waals surface area contributed by atoms with Crippen LogP contribution in [0.5, 0.6) is 0 Å². The van der Waals surface area contributed by atoms with Crippen LogP contribution in [0.4, 0.5) is 0 Å². The molecule has 0 spiro atoms. The van der Waals surface area contributed by atoms with Gasteiger partial charge in [-0.3, -0.25) is 4.79 Å². The highest BCUT2D eigenvalue weighted by Crippen LogP contribution is 2.20. The highest BCUT2D eigenvalue weighted by atomic mass is 16.6. The van der Waals surface area contributed by atoms with Gasteiger partial charge in [0.1, 0.15) is 6.10 Å². The summed E-state index contributed by atoms with van der Waals surface area (Å²) < 4.78 is 27.3. The maximum Gasteiger partial charge on any atom is 0.306 e. The maximum atomic E-state index is 11.7. The minimum atomic E-state index is -0.0907. The average molecular weight is 389 g/mol. The average Bonchev–Trinajstić information content (AvgIpc) is 2.65. The summed E-state index contributed by atoms with van der Waals surface area (Å²) in [5.74, 6) is 0.587. The van der Waals surface area contributed by atoms with E-state index in [9.17, 15) is 4.79 Å². The molecule has 0 saturated heterocycles. The van der Waals surface area contributed by atoms with Crippen LogP contribution < -0.4 is 0 Å². The van der Waals surface area contributed by atoms with Crippen molar-refractivity contribution in [3.8, 4) is 0 Å². The van der Waals surface area contributed by atoms with Crippen LogP contribution in [0.1, 0.15) is 65.2 Å². The summed E-state index contributed by atoms with van der Waals surface area (Å²) in [5, 5.41) is 0. The summed E-state index contributed by atoms with van der Waals surface area (Å²) in [7, 11) is 0. The minimum Gasteiger partial charge on any atom is -0.462 e. The molecular weight excluding hydrogens is 348 g/mol. The molecule has 0 bridgehead atoms. The van der Waals surface area contributed by atoms with Gasteiger partial charge in [0.2, 0.25) is 0 Å². The molecule has 0 radical (unpaired) electrons. The Hall–Kier alpha value is -0.690. The van der Waals surface area contributed by atoms with Gasteiger partial charge in [-0.15, -0.1) is 0 Å². The van der Waals surface area contributed by atoms with Crippen molar-refractivity contribution in [2.75, 3.05) is 52.9 Å². The Balaban J connectivity index is 1.73. The second kappa shape index (κ2) is 17.4. The third-order valence-electron chi connectivity index (χ3n) is 4.48. The summed E-state index contributed by atoms with van der Waals surface area (Å²) in [6.07, 6.45) is 8.04. The van der Waals surface area contributed by atoms with Crippen molar-refractivity contribution in [2.24, 2.45) is 5.92 Å². The van der Waals surface area contributed by atoms with E-state index in [1.165, 1.54) is 19.3 Å². The van der Waals surface area contributed by atoms with Crippen molar-refractivity contribution in [3.05, 3.63) is 0 Å². The van der Waals surface area contributed by atoms with Crippen molar-refractivity contribution < 1.29 is 28.5 Å². The normalized spacial score (nSPS) is 15.4. The molecule has 6 heteroatoms. The zero-order chi connectivity index (χ0) is 19.6. The fourth-order valence-electron chi connectivity index (χ4n) is 2.83. The SMILES string of the molecule is CC(C)CCOCCOCCOCCOCCCC(=O)OC1CCCCC1. The molecule has 1 saturated carbocycles. The summed E-state index contributed by atoms with van der Waals surface area (Å²) in [6.45, 7) is 9.19. The molecule has 1 rings (SSSR count). The van der Waals surface area contributed by atoms with Gasteiger partial charge < -0.3 is 23.7 Å². The van der Waals surface area contributed by atoms with Crippen LogP contribution in [0.3, 0.4) is 0 Å². The molecule has 0 aliphatic heterocycles. The topological polar surface area (TPSA) is 63.2 Å². The lowest BCUT2D eigenvalue weighted by Crippen LogP contribution is -2.21. The highest BCUT2D eigenvalue weighted by molar-refractivity contribution is 5.69. The van der Waals surface area contributed by atoms with Gasteiger partial charge in [0.25, 0.3) is 0 Å². The summed E-state index contributed by atoms with van der Waals surface area (Å²) in [5.41, 5.74) is 0. The van der Waals surface area contributed by atoms with Gasteiger partial charge in [0.15, 0.2) is 0 Å². The Labute approximate surface area is 165 Å². The lowest BCUT2D eigenvalue weighted by atomic mass is 9.98. The monoisotopic (exact) mass is 388 g/mol. The van der Waals surface area contributed by atoms with E-state index in [0.717, 1.165) is 25.9 Å². The first kappa shape index (κ1) is 24.3. The van der Waals surface area contributed by atoms with E-state index in [-0.39, 0.29) is 12.1 Å². The number of hydrogen-bond donors (Lipinski definition) is 0. The van der Waals surface area contributed by atoms with Crippen LogP contribution in [0.2, 0.25) is 0 Å². The molecule has 0 atom stereocenters. The standard InChI is InChI=1S/C21H40O6/c1-19(2)10-12-24-14-16-26-18-17-25-15-13-23-11-6-9-21(22)27-20-7-4-3-5-8-20/h19-20H,3-18H2,1-2H3. The van der Waals surface area contributed by atoms with Crippen molar-refractivity contribution in [2.45, 2.75) is 71.3 Å². The Bertz CT molecular complexity index is 342. The third kappa shape index (κ3) is 16.0. The van der Waals surface area contributed by atoms with E-state index >= 15 is 0 Å². The Kier molecular flexibility index (Phi) is 15.7. The molecule has 1 aliphatic carbocycles. The van der Waals surface area contributed by atoms with Crippen LogP contribution in [-0.4, -0.2) is 64.9 Å². The number of esters is 1. The lowest BCUT2D eigenvalue weighted by Gasteiger charge is -2.21. The van der Waals surface area contributed by atoms with Gasteiger partial charge in [0.05, 0.1) is 39.6 Å². The third-order valence-corrected chi connectivity index (χ3v) is 4.48. The van der Waals surface area contributed by atoms with Crippen molar-refractivity contribution in [1.82, 2.24) is 0 Å². The molecule has 0 aromatic carbocycles. The first-order chi connectivity index (χ1) is 13.2. The van der Waals surface area contributed by atoms with E-state index in [1.54, 1.807) is 0 Å².